The number of pyridine rings is 1. The molecule has 0 aromatic carbocycles. The minimum absolute atomic E-state index is 0.147. The Morgan fingerprint density at radius 2 is 2.04 bits per heavy atom. The minimum Gasteiger partial charge on any atom is -0.488 e. The zero-order chi connectivity index (χ0) is 19.6. The van der Waals surface area contributed by atoms with Gasteiger partial charge in [-0.25, -0.2) is 18.4 Å². The van der Waals surface area contributed by atoms with Gasteiger partial charge in [0.05, 0.1) is 24.5 Å². The number of ether oxygens (including phenoxy) is 1. The summed E-state index contributed by atoms with van der Waals surface area (Å²) in [5.41, 5.74) is 1.71. The van der Waals surface area contributed by atoms with Crippen LogP contribution in [0.5, 0.6) is 5.75 Å². The number of aromatic nitrogens is 2. The second-order valence-corrected chi connectivity index (χ2v) is 9.40. The molecule has 146 valence electrons. The largest absolute Gasteiger partial charge is 0.488 e. The fourth-order valence-electron chi connectivity index (χ4n) is 2.68. The topological polar surface area (TPSA) is 101 Å². The van der Waals surface area contributed by atoms with Crippen molar-refractivity contribution in [1.82, 2.24) is 14.3 Å². The van der Waals surface area contributed by atoms with E-state index in [1.807, 2.05) is 19.2 Å². The van der Waals surface area contributed by atoms with Crippen molar-refractivity contribution in [3.63, 3.8) is 0 Å². The molecular weight excluding hydrogens is 388 g/mol. The van der Waals surface area contributed by atoms with Gasteiger partial charge in [-0.05, 0) is 20.3 Å². The van der Waals surface area contributed by atoms with Crippen LogP contribution >= 0.6 is 11.3 Å². The van der Waals surface area contributed by atoms with E-state index in [4.69, 9.17) is 4.74 Å². The summed E-state index contributed by atoms with van der Waals surface area (Å²) in [7, 11) is -3.19. The molecule has 1 fully saturated rings. The number of amides is 1. The van der Waals surface area contributed by atoms with Crippen LogP contribution in [0.15, 0.2) is 17.5 Å². The molecule has 2 aromatic rings. The Bertz CT molecular complexity index is 936. The van der Waals surface area contributed by atoms with Gasteiger partial charge in [0, 0.05) is 23.2 Å². The van der Waals surface area contributed by atoms with Gasteiger partial charge in [-0.1, -0.05) is 6.92 Å². The number of aryl methyl sites for hydroxylation is 2. The standard InChI is InChI=1S/C17H22N4O4S2/c1-4-5-27(23,24)21-8-14(9-21)25-13-6-11(2)18-15(7-13)16(22)20-17-19-12(3)10-26-17/h6-7,10,14H,4-5,8-9H2,1-3H3,(H,19,20,22). The number of hydrogen-bond acceptors (Lipinski definition) is 7. The Kier molecular flexibility index (Phi) is 5.78. The Morgan fingerprint density at radius 1 is 1.30 bits per heavy atom. The summed E-state index contributed by atoms with van der Waals surface area (Å²) in [6, 6.07) is 3.29. The van der Waals surface area contributed by atoms with Crippen molar-refractivity contribution < 1.29 is 17.9 Å². The molecule has 1 aliphatic rings. The van der Waals surface area contributed by atoms with Gasteiger partial charge in [0.15, 0.2) is 5.13 Å². The molecule has 27 heavy (non-hydrogen) atoms. The summed E-state index contributed by atoms with van der Waals surface area (Å²) in [6.07, 6.45) is 0.362. The predicted molar refractivity (Wildman–Crippen MR) is 104 cm³/mol. The summed E-state index contributed by atoms with van der Waals surface area (Å²) in [5.74, 6) is 0.286. The third kappa shape index (κ3) is 4.82. The van der Waals surface area contributed by atoms with Gasteiger partial charge in [-0.2, -0.15) is 4.31 Å². The van der Waals surface area contributed by atoms with Gasteiger partial charge >= 0.3 is 0 Å². The van der Waals surface area contributed by atoms with Crippen LogP contribution in [-0.2, 0) is 10.0 Å². The van der Waals surface area contributed by atoms with E-state index in [-0.39, 0.29) is 23.5 Å². The van der Waals surface area contributed by atoms with Crippen molar-refractivity contribution >= 4 is 32.4 Å². The first-order valence-corrected chi connectivity index (χ1v) is 11.1. The number of thiazole rings is 1. The van der Waals surface area contributed by atoms with Gasteiger partial charge in [-0.3, -0.25) is 10.1 Å². The Hall–Kier alpha value is -2.04. The van der Waals surface area contributed by atoms with Crippen LogP contribution in [0.1, 0.15) is 35.2 Å². The maximum absolute atomic E-state index is 12.4. The van der Waals surface area contributed by atoms with E-state index in [0.29, 0.717) is 36.1 Å². The maximum Gasteiger partial charge on any atom is 0.276 e. The van der Waals surface area contributed by atoms with E-state index in [2.05, 4.69) is 15.3 Å². The fraction of sp³-hybridized carbons (Fsp3) is 0.471. The number of rotatable bonds is 7. The molecule has 2 aromatic heterocycles. The lowest BCUT2D eigenvalue weighted by molar-refractivity contribution is 0.0758. The van der Waals surface area contributed by atoms with Crippen LogP contribution in [0.25, 0.3) is 0 Å². The van der Waals surface area contributed by atoms with Crippen molar-refractivity contribution in [3.05, 3.63) is 34.6 Å². The summed E-state index contributed by atoms with van der Waals surface area (Å²) < 4.78 is 31.2. The zero-order valence-corrected chi connectivity index (χ0v) is 17.1. The lowest BCUT2D eigenvalue weighted by atomic mass is 10.2. The molecule has 8 nitrogen and oxygen atoms in total. The molecule has 3 heterocycles. The lowest BCUT2D eigenvalue weighted by Gasteiger charge is -2.37. The van der Waals surface area contributed by atoms with Gasteiger partial charge in [0.1, 0.15) is 17.5 Å². The molecular formula is C17H22N4O4S2. The third-order valence-corrected chi connectivity index (χ3v) is 6.86. The van der Waals surface area contributed by atoms with Gasteiger partial charge < -0.3 is 4.74 Å². The molecule has 3 rings (SSSR count). The molecule has 0 unspecified atom stereocenters. The number of hydrogen-bond donors (Lipinski definition) is 1. The fourth-order valence-corrected chi connectivity index (χ4v) is 4.92. The molecule has 0 bridgehead atoms. The van der Waals surface area contributed by atoms with Crippen molar-refractivity contribution in [3.8, 4) is 5.75 Å². The van der Waals surface area contributed by atoms with Crippen LogP contribution in [0.4, 0.5) is 5.13 Å². The van der Waals surface area contributed by atoms with Crippen molar-refractivity contribution in [2.24, 2.45) is 0 Å². The highest BCUT2D eigenvalue weighted by Gasteiger charge is 2.36. The average Bonchev–Trinajstić information content (AvgIpc) is 2.94. The first-order chi connectivity index (χ1) is 12.8. The Morgan fingerprint density at radius 3 is 2.67 bits per heavy atom. The van der Waals surface area contributed by atoms with E-state index in [1.54, 1.807) is 19.1 Å². The summed E-state index contributed by atoms with van der Waals surface area (Å²) in [4.78, 5) is 20.9. The van der Waals surface area contributed by atoms with Gasteiger partial charge in [0.2, 0.25) is 10.0 Å². The minimum atomic E-state index is -3.19. The third-order valence-electron chi connectivity index (χ3n) is 3.97. The number of sulfonamides is 1. The number of carbonyl (C=O) groups excluding carboxylic acids is 1. The molecule has 0 atom stereocenters. The highest BCUT2D eigenvalue weighted by Crippen LogP contribution is 2.23. The summed E-state index contributed by atoms with van der Waals surface area (Å²) in [5, 5.41) is 5.08. The average molecular weight is 411 g/mol. The lowest BCUT2D eigenvalue weighted by Crippen LogP contribution is -2.56. The van der Waals surface area contributed by atoms with E-state index in [0.717, 1.165) is 5.69 Å². The first-order valence-electron chi connectivity index (χ1n) is 8.63. The molecule has 0 aliphatic carbocycles. The zero-order valence-electron chi connectivity index (χ0n) is 15.4. The number of nitrogens with zero attached hydrogens (tertiary/aromatic N) is 3. The second kappa shape index (κ2) is 7.91. The van der Waals surface area contributed by atoms with E-state index in [1.165, 1.54) is 15.6 Å². The van der Waals surface area contributed by atoms with Gasteiger partial charge in [-0.15, -0.1) is 11.3 Å². The number of nitrogens with one attached hydrogen (secondary N) is 1. The molecule has 1 amide bonds. The van der Waals surface area contributed by atoms with E-state index in [9.17, 15) is 13.2 Å². The molecule has 0 radical (unpaired) electrons. The summed E-state index contributed by atoms with van der Waals surface area (Å²) in [6.45, 7) is 6.11. The highest BCUT2D eigenvalue weighted by molar-refractivity contribution is 7.89. The number of carbonyl (C=O) groups is 1. The maximum atomic E-state index is 12.4. The second-order valence-electron chi connectivity index (χ2n) is 6.45. The Labute approximate surface area is 162 Å². The van der Waals surface area contributed by atoms with Crippen molar-refractivity contribution in [2.75, 3.05) is 24.2 Å². The van der Waals surface area contributed by atoms with E-state index < -0.39 is 10.0 Å². The summed E-state index contributed by atoms with van der Waals surface area (Å²) >= 11 is 1.35. The van der Waals surface area contributed by atoms with Crippen LogP contribution in [0, 0.1) is 13.8 Å². The molecule has 1 aliphatic heterocycles. The van der Waals surface area contributed by atoms with Crippen LogP contribution in [0.3, 0.4) is 0 Å². The van der Waals surface area contributed by atoms with Gasteiger partial charge in [0.25, 0.3) is 5.91 Å². The van der Waals surface area contributed by atoms with Crippen LogP contribution in [-0.4, -0.2) is 53.5 Å². The predicted octanol–water partition coefficient (Wildman–Crippen LogP) is 2.21. The molecule has 0 spiro atoms. The SMILES string of the molecule is CCCS(=O)(=O)N1CC(Oc2cc(C)nc(C(=O)Nc3nc(C)cs3)c2)C1. The van der Waals surface area contributed by atoms with Crippen molar-refractivity contribution in [1.29, 1.82) is 0 Å². The molecule has 1 saturated heterocycles. The van der Waals surface area contributed by atoms with Crippen molar-refractivity contribution in [2.45, 2.75) is 33.3 Å². The van der Waals surface area contributed by atoms with Crippen LogP contribution < -0.4 is 10.1 Å². The monoisotopic (exact) mass is 410 g/mol. The van der Waals surface area contributed by atoms with Crippen LogP contribution in [0.2, 0.25) is 0 Å². The molecule has 0 saturated carbocycles. The first kappa shape index (κ1) is 19.7. The molecule has 10 heteroatoms. The quantitative estimate of drug-likeness (QED) is 0.751. The number of anilines is 1. The smallest absolute Gasteiger partial charge is 0.276 e. The Balaban J connectivity index is 1.63. The highest BCUT2D eigenvalue weighted by atomic mass is 32.2. The normalized spacial score (nSPS) is 15.4. The molecule has 1 N–H and O–H groups in total. The van der Waals surface area contributed by atoms with E-state index >= 15 is 0 Å².